The Hall–Kier alpha value is -3.36. The molecule has 0 spiro atoms. The molecule has 1 atom stereocenters. The summed E-state index contributed by atoms with van der Waals surface area (Å²) in [5.41, 5.74) is 1.33. The summed E-state index contributed by atoms with van der Waals surface area (Å²) in [4.78, 5) is 12.6. The molecule has 0 saturated heterocycles. The van der Waals surface area contributed by atoms with Crippen molar-refractivity contribution in [2.75, 3.05) is 15.9 Å². The van der Waals surface area contributed by atoms with E-state index in [-0.39, 0.29) is 38.6 Å². The van der Waals surface area contributed by atoms with Crippen LogP contribution in [0.5, 0.6) is 0 Å². The van der Waals surface area contributed by atoms with E-state index in [1.54, 1.807) is 50.2 Å². The Bertz CT molecular complexity index is 1760. The highest BCUT2D eigenvalue weighted by atomic mass is 35.5. The molecule has 15 heteroatoms. The molecule has 0 aliphatic carbocycles. The molecule has 1 unspecified atom stereocenters. The summed E-state index contributed by atoms with van der Waals surface area (Å²) in [6.45, 7) is 5.08. The van der Waals surface area contributed by atoms with Crippen molar-refractivity contribution >= 4 is 72.0 Å². The molecule has 0 bridgehead atoms. The van der Waals surface area contributed by atoms with E-state index in [1.807, 2.05) is 0 Å². The summed E-state index contributed by atoms with van der Waals surface area (Å²) in [6.07, 6.45) is 0. The quantitative estimate of drug-likeness (QED) is 0.253. The van der Waals surface area contributed by atoms with Gasteiger partial charge in [-0.1, -0.05) is 47.5 Å². The minimum Gasteiger partial charge on any atom is -0.282 e. The van der Waals surface area contributed by atoms with Gasteiger partial charge in [0.05, 0.1) is 37.7 Å². The molecule has 4 rings (SSSR count). The largest absolute Gasteiger partial charge is 0.296 e. The molecule has 0 saturated carbocycles. The Labute approximate surface area is 241 Å². The van der Waals surface area contributed by atoms with Crippen LogP contribution in [0.2, 0.25) is 10.0 Å². The second kappa shape index (κ2) is 11.3. The van der Waals surface area contributed by atoms with Crippen molar-refractivity contribution in [3.05, 3.63) is 76.3 Å². The maximum absolute atomic E-state index is 13.5. The van der Waals surface area contributed by atoms with Gasteiger partial charge in [-0.3, -0.25) is 13.7 Å². The number of carbonyl (C=O) groups excluding carboxylic acids is 1. The van der Waals surface area contributed by atoms with Crippen LogP contribution < -0.4 is 9.31 Å². The average Bonchev–Trinajstić information content (AvgIpc) is 3.17. The Kier molecular flexibility index (Phi) is 8.33. The first-order valence-electron chi connectivity index (χ1n) is 11.7. The van der Waals surface area contributed by atoms with Crippen LogP contribution in [0.25, 0.3) is 0 Å². The van der Waals surface area contributed by atoms with Gasteiger partial charge in [0.2, 0.25) is 0 Å². The molecule has 210 valence electrons. The number of benzene rings is 3. The fraction of sp³-hybridized carbons (Fsp3) is 0.200. The van der Waals surface area contributed by atoms with Gasteiger partial charge < -0.3 is 0 Å². The Morgan fingerprint density at radius 3 is 2.27 bits per heavy atom. The van der Waals surface area contributed by atoms with Crippen molar-refractivity contribution < 1.29 is 26.2 Å². The van der Waals surface area contributed by atoms with Gasteiger partial charge in [0.15, 0.2) is 6.04 Å². The molecular formula is C25H23Cl2N5O6S2. The lowest BCUT2D eigenvalue weighted by Gasteiger charge is -2.24. The number of hydrogen-bond donors (Lipinski definition) is 1. The topological polar surface area (TPSA) is 149 Å². The molecule has 1 N–H and O–H groups in total. The molecule has 0 aromatic heterocycles. The predicted octanol–water partition coefficient (Wildman–Crippen LogP) is 5.64. The van der Waals surface area contributed by atoms with E-state index >= 15 is 0 Å². The summed E-state index contributed by atoms with van der Waals surface area (Å²) in [5.74, 6) is -0.651. The van der Waals surface area contributed by atoms with Crippen LogP contribution in [-0.4, -0.2) is 45.6 Å². The number of nitrogens with zero attached hydrogens (tertiary/aromatic N) is 5. The zero-order valence-electron chi connectivity index (χ0n) is 21.4. The van der Waals surface area contributed by atoms with Crippen LogP contribution in [0, 0.1) is 6.92 Å². The third-order valence-corrected chi connectivity index (χ3v) is 9.71. The molecule has 1 aliphatic heterocycles. The second-order valence-corrected chi connectivity index (χ2v) is 12.7. The zero-order valence-corrected chi connectivity index (χ0v) is 24.5. The van der Waals surface area contributed by atoms with Gasteiger partial charge in [0.1, 0.15) is 4.90 Å². The number of para-hydroxylation sites is 1. The highest BCUT2D eigenvalue weighted by Crippen LogP contribution is 2.37. The van der Waals surface area contributed by atoms with E-state index in [4.69, 9.17) is 23.2 Å². The highest BCUT2D eigenvalue weighted by molar-refractivity contribution is 7.92. The van der Waals surface area contributed by atoms with Crippen molar-refractivity contribution in [2.45, 2.75) is 36.6 Å². The first-order chi connectivity index (χ1) is 18.8. The Morgan fingerprint density at radius 2 is 1.65 bits per heavy atom. The smallest absolute Gasteiger partial charge is 0.282 e. The Morgan fingerprint density at radius 1 is 0.975 bits per heavy atom. The first kappa shape index (κ1) is 29.6. The predicted molar refractivity (Wildman–Crippen MR) is 153 cm³/mol. The lowest BCUT2D eigenvalue weighted by molar-refractivity contribution is -0.117. The fourth-order valence-corrected chi connectivity index (χ4v) is 7.10. The standard InChI is InChI=1S/C25H23Cl2N5O6S2/c1-4-31(17-9-6-5-7-10-17)39(34,35)22-12-8-11-20(15(22)2)28-29-24-16(3)30-32(25(24)33)21-13-19(27)23(14-18(21)26)40(36,37)38/h5-14,24H,4H2,1-3H3,(H,36,37,38). The molecule has 3 aromatic rings. The Balaban J connectivity index is 1.64. The number of hydrogen-bond acceptors (Lipinski definition) is 8. The zero-order chi connectivity index (χ0) is 29.4. The molecule has 0 fully saturated rings. The average molecular weight is 625 g/mol. The third kappa shape index (κ3) is 5.60. The van der Waals surface area contributed by atoms with Crippen molar-refractivity contribution in [3.8, 4) is 0 Å². The van der Waals surface area contributed by atoms with Crippen LogP contribution in [0.1, 0.15) is 19.4 Å². The summed E-state index contributed by atoms with van der Waals surface area (Å²) in [7, 11) is -8.59. The number of anilines is 2. The lowest BCUT2D eigenvalue weighted by atomic mass is 10.2. The molecule has 11 nitrogen and oxygen atoms in total. The summed E-state index contributed by atoms with van der Waals surface area (Å²) < 4.78 is 60.7. The monoisotopic (exact) mass is 623 g/mol. The molecule has 1 heterocycles. The van der Waals surface area contributed by atoms with E-state index in [2.05, 4.69) is 15.3 Å². The van der Waals surface area contributed by atoms with Gasteiger partial charge in [0, 0.05) is 6.54 Å². The summed E-state index contributed by atoms with van der Waals surface area (Å²) >= 11 is 12.2. The van der Waals surface area contributed by atoms with Crippen molar-refractivity contribution in [2.24, 2.45) is 15.3 Å². The molecule has 0 radical (unpaired) electrons. The number of azo groups is 1. The second-order valence-electron chi connectivity index (χ2n) is 8.62. The van der Waals surface area contributed by atoms with E-state index < -0.39 is 37.0 Å². The number of carbonyl (C=O) groups is 1. The van der Waals surface area contributed by atoms with Crippen molar-refractivity contribution in [1.29, 1.82) is 0 Å². The van der Waals surface area contributed by atoms with Gasteiger partial charge in [-0.05, 0) is 62.7 Å². The molecule has 3 aromatic carbocycles. The maximum atomic E-state index is 13.5. The van der Waals surface area contributed by atoms with Crippen molar-refractivity contribution in [3.63, 3.8) is 0 Å². The normalized spacial score (nSPS) is 16.1. The molecule has 1 aliphatic rings. The maximum Gasteiger partial charge on any atom is 0.296 e. The lowest BCUT2D eigenvalue weighted by Crippen LogP contribution is -2.31. The van der Waals surface area contributed by atoms with Crippen LogP contribution in [0.3, 0.4) is 0 Å². The van der Waals surface area contributed by atoms with Gasteiger partial charge in [-0.15, -0.1) is 0 Å². The highest BCUT2D eigenvalue weighted by Gasteiger charge is 2.36. The third-order valence-electron chi connectivity index (χ3n) is 6.04. The van der Waals surface area contributed by atoms with Crippen LogP contribution in [-0.2, 0) is 24.9 Å². The van der Waals surface area contributed by atoms with Gasteiger partial charge >= 0.3 is 0 Å². The van der Waals surface area contributed by atoms with Gasteiger partial charge in [-0.2, -0.15) is 28.8 Å². The number of rotatable bonds is 8. The molecular weight excluding hydrogens is 601 g/mol. The van der Waals surface area contributed by atoms with Gasteiger partial charge in [-0.25, -0.2) is 8.42 Å². The minimum atomic E-state index is -4.65. The van der Waals surface area contributed by atoms with Crippen molar-refractivity contribution in [1.82, 2.24) is 0 Å². The SMILES string of the molecule is CCN(c1ccccc1)S(=O)(=O)c1cccc(N=NC2C(=O)N(c3cc(Cl)c(S(=O)(=O)O)cc3Cl)N=C2C)c1C. The number of halogens is 2. The van der Waals surface area contributed by atoms with Crippen LogP contribution in [0.15, 0.2) is 85.8 Å². The van der Waals surface area contributed by atoms with E-state index in [9.17, 15) is 26.2 Å². The number of sulfonamides is 1. The van der Waals surface area contributed by atoms with Crippen LogP contribution in [0.4, 0.5) is 17.1 Å². The molecule has 1 amide bonds. The summed E-state index contributed by atoms with van der Waals surface area (Å²) in [6, 6.07) is 14.1. The number of hydrazone groups is 1. The molecule has 40 heavy (non-hydrogen) atoms. The van der Waals surface area contributed by atoms with E-state index in [0.717, 1.165) is 17.1 Å². The van der Waals surface area contributed by atoms with E-state index in [0.29, 0.717) is 11.3 Å². The summed E-state index contributed by atoms with van der Waals surface area (Å²) in [5, 5.41) is 12.8. The number of amides is 1. The van der Waals surface area contributed by atoms with Gasteiger partial charge in [0.25, 0.3) is 26.0 Å². The van der Waals surface area contributed by atoms with E-state index in [1.165, 1.54) is 23.4 Å². The minimum absolute atomic E-state index is 0.0223. The van der Waals surface area contributed by atoms with Crippen LogP contribution >= 0.6 is 23.2 Å². The fourth-order valence-electron chi connectivity index (χ4n) is 4.05. The first-order valence-corrected chi connectivity index (χ1v) is 15.3.